The first-order valence-corrected chi connectivity index (χ1v) is 9.72. The molecule has 4 rings (SSSR count). The van der Waals surface area contributed by atoms with E-state index in [1.807, 2.05) is 41.4 Å². The maximum atomic E-state index is 12.5. The summed E-state index contributed by atoms with van der Waals surface area (Å²) in [6, 6.07) is 18.2. The lowest BCUT2D eigenvalue weighted by Gasteiger charge is -2.26. The standard InChI is InChI=1S/C21H20N2O2S/c24-21(23-11-13-25-14-12-23)18-8-6-16(7-9-18)15-26-19-5-1-3-17-4-2-10-22-20(17)19/h1-10H,11-15H2. The summed E-state index contributed by atoms with van der Waals surface area (Å²) in [5.74, 6) is 0.938. The minimum Gasteiger partial charge on any atom is -0.378 e. The lowest BCUT2D eigenvalue weighted by Crippen LogP contribution is -2.40. The number of carbonyl (C=O) groups excluding carboxylic acids is 1. The molecule has 26 heavy (non-hydrogen) atoms. The second-order valence-electron chi connectivity index (χ2n) is 6.22. The number of hydrogen-bond acceptors (Lipinski definition) is 4. The van der Waals surface area contributed by atoms with Crippen LogP contribution in [0.1, 0.15) is 15.9 Å². The number of morpholine rings is 1. The number of pyridine rings is 1. The lowest BCUT2D eigenvalue weighted by molar-refractivity contribution is 0.0303. The first kappa shape index (κ1) is 17.1. The van der Waals surface area contributed by atoms with Gasteiger partial charge in [-0.15, -0.1) is 11.8 Å². The lowest BCUT2D eigenvalue weighted by atomic mass is 10.1. The minimum absolute atomic E-state index is 0.0887. The molecule has 0 atom stereocenters. The van der Waals surface area contributed by atoms with Crippen LogP contribution in [0.3, 0.4) is 0 Å². The first-order chi connectivity index (χ1) is 12.8. The molecule has 132 valence electrons. The Morgan fingerprint density at radius 2 is 1.81 bits per heavy atom. The topological polar surface area (TPSA) is 42.4 Å². The molecule has 1 aliphatic heterocycles. The van der Waals surface area contributed by atoms with E-state index in [1.54, 1.807) is 11.8 Å². The van der Waals surface area contributed by atoms with Crippen LogP contribution in [0.4, 0.5) is 0 Å². The third-order valence-electron chi connectivity index (χ3n) is 4.49. The van der Waals surface area contributed by atoms with Gasteiger partial charge >= 0.3 is 0 Å². The number of fused-ring (bicyclic) bond motifs is 1. The number of ether oxygens (including phenoxy) is 1. The predicted octanol–water partition coefficient (Wildman–Crippen LogP) is 4.00. The number of aromatic nitrogens is 1. The third kappa shape index (κ3) is 3.74. The van der Waals surface area contributed by atoms with Crippen molar-refractivity contribution in [1.82, 2.24) is 9.88 Å². The van der Waals surface area contributed by atoms with Gasteiger partial charge in [-0.05, 0) is 29.8 Å². The van der Waals surface area contributed by atoms with Crippen LogP contribution >= 0.6 is 11.8 Å². The van der Waals surface area contributed by atoms with Gasteiger partial charge in [-0.3, -0.25) is 9.78 Å². The van der Waals surface area contributed by atoms with Gasteiger partial charge in [-0.25, -0.2) is 0 Å². The van der Waals surface area contributed by atoms with E-state index in [0.29, 0.717) is 26.3 Å². The average molecular weight is 364 g/mol. The highest BCUT2D eigenvalue weighted by Crippen LogP contribution is 2.29. The Balaban J connectivity index is 1.43. The summed E-state index contributed by atoms with van der Waals surface area (Å²) in [5, 5.41) is 1.16. The van der Waals surface area contributed by atoms with Crippen molar-refractivity contribution in [2.24, 2.45) is 0 Å². The molecule has 1 saturated heterocycles. The zero-order valence-corrected chi connectivity index (χ0v) is 15.2. The molecule has 0 N–H and O–H groups in total. The Kier molecular flexibility index (Phi) is 5.18. The minimum atomic E-state index is 0.0887. The van der Waals surface area contributed by atoms with Gasteiger partial charge < -0.3 is 9.64 Å². The van der Waals surface area contributed by atoms with E-state index in [1.165, 1.54) is 10.5 Å². The molecule has 5 heteroatoms. The predicted molar refractivity (Wildman–Crippen MR) is 104 cm³/mol. The summed E-state index contributed by atoms with van der Waals surface area (Å²) in [4.78, 5) is 20.0. The van der Waals surface area contributed by atoms with Crippen LogP contribution in [0.25, 0.3) is 10.9 Å². The van der Waals surface area contributed by atoms with Gasteiger partial charge in [0.15, 0.2) is 0 Å². The van der Waals surface area contributed by atoms with Crippen LogP contribution in [-0.4, -0.2) is 42.1 Å². The van der Waals surface area contributed by atoms with Crippen LogP contribution in [0.5, 0.6) is 0 Å². The van der Waals surface area contributed by atoms with Crippen LogP contribution < -0.4 is 0 Å². The van der Waals surface area contributed by atoms with Crippen LogP contribution in [0.15, 0.2) is 65.7 Å². The van der Waals surface area contributed by atoms with Crippen molar-refractivity contribution in [2.75, 3.05) is 26.3 Å². The largest absolute Gasteiger partial charge is 0.378 e. The van der Waals surface area contributed by atoms with Gasteiger partial charge in [-0.1, -0.05) is 30.3 Å². The quantitative estimate of drug-likeness (QED) is 0.656. The van der Waals surface area contributed by atoms with Crippen molar-refractivity contribution >= 4 is 28.6 Å². The van der Waals surface area contributed by atoms with Gasteiger partial charge in [0.2, 0.25) is 0 Å². The molecule has 1 aliphatic rings. The summed E-state index contributed by atoms with van der Waals surface area (Å²) in [6.45, 7) is 2.59. The molecule has 3 aromatic rings. The van der Waals surface area contributed by atoms with Crippen LogP contribution in [0.2, 0.25) is 0 Å². The molecule has 0 saturated carbocycles. The maximum Gasteiger partial charge on any atom is 0.254 e. The van der Waals surface area contributed by atoms with Crippen molar-refractivity contribution in [3.8, 4) is 0 Å². The van der Waals surface area contributed by atoms with E-state index in [4.69, 9.17) is 4.74 Å². The van der Waals surface area contributed by atoms with Gasteiger partial charge in [-0.2, -0.15) is 0 Å². The molecule has 2 heterocycles. The van der Waals surface area contributed by atoms with Gasteiger partial charge in [0.05, 0.1) is 18.7 Å². The molecular formula is C21H20N2O2S. The van der Waals surface area contributed by atoms with E-state index in [0.717, 1.165) is 22.2 Å². The van der Waals surface area contributed by atoms with Gasteiger partial charge in [0, 0.05) is 40.9 Å². The van der Waals surface area contributed by atoms with Crippen molar-refractivity contribution in [3.05, 3.63) is 71.9 Å². The molecule has 0 radical (unpaired) electrons. The number of benzene rings is 2. The zero-order chi connectivity index (χ0) is 17.8. The molecule has 1 amide bonds. The number of para-hydroxylation sites is 1. The average Bonchev–Trinajstić information content (AvgIpc) is 2.73. The van der Waals surface area contributed by atoms with E-state index in [2.05, 4.69) is 29.2 Å². The Bertz CT molecular complexity index is 900. The van der Waals surface area contributed by atoms with E-state index in [9.17, 15) is 4.79 Å². The second-order valence-corrected chi connectivity index (χ2v) is 7.24. The highest BCUT2D eigenvalue weighted by molar-refractivity contribution is 7.98. The SMILES string of the molecule is O=C(c1ccc(CSc2cccc3cccnc23)cc1)N1CCOCC1. The number of rotatable bonds is 4. The summed E-state index contributed by atoms with van der Waals surface area (Å²) in [5.41, 5.74) is 2.98. The smallest absolute Gasteiger partial charge is 0.254 e. The monoisotopic (exact) mass is 364 g/mol. The summed E-state index contributed by atoms with van der Waals surface area (Å²) >= 11 is 1.77. The Labute approximate surface area is 157 Å². The molecule has 1 fully saturated rings. The number of amides is 1. The number of carbonyl (C=O) groups is 1. The second kappa shape index (κ2) is 7.89. The number of thioether (sulfide) groups is 1. The normalized spacial score (nSPS) is 14.5. The summed E-state index contributed by atoms with van der Waals surface area (Å²) < 4.78 is 5.31. The highest BCUT2D eigenvalue weighted by Gasteiger charge is 2.18. The van der Waals surface area contributed by atoms with Crippen LogP contribution in [-0.2, 0) is 10.5 Å². The van der Waals surface area contributed by atoms with Gasteiger partial charge in [0.1, 0.15) is 0 Å². The van der Waals surface area contributed by atoms with E-state index >= 15 is 0 Å². The Hall–Kier alpha value is -2.37. The maximum absolute atomic E-state index is 12.5. The number of nitrogens with zero attached hydrogens (tertiary/aromatic N) is 2. The molecule has 0 bridgehead atoms. The van der Waals surface area contributed by atoms with E-state index < -0.39 is 0 Å². The molecule has 0 spiro atoms. The Morgan fingerprint density at radius 1 is 1.04 bits per heavy atom. The molecule has 1 aromatic heterocycles. The van der Waals surface area contributed by atoms with Crippen molar-refractivity contribution in [1.29, 1.82) is 0 Å². The summed E-state index contributed by atoms with van der Waals surface area (Å²) in [6.07, 6.45) is 1.83. The molecular weight excluding hydrogens is 344 g/mol. The molecule has 0 unspecified atom stereocenters. The molecule has 2 aromatic carbocycles. The molecule has 4 nitrogen and oxygen atoms in total. The van der Waals surface area contributed by atoms with Crippen molar-refractivity contribution in [2.45, 2.75) is 10.6 Å². The summed E-state index contributed by atoms with van der Waals surface area (Å²) in [7, 11) is 0. The van der Waals surface area contributed by atoms with Gasteiger partial charge in [0.25, 0.3) is 5.91 Å². The molecule has 0 aliphatic carbocycles. The number of hydrogen-bond donors (Lipinski definition) is 0. The van der Waals surface area contributed by atoms with Crippen molar-refractivity contribution in [3.63, 3.8) is 0 Å². The van der Waals surface area contributed by atoms with Crippen LogP contribution in [0, 0.1) is 0 Å². The fourth-order valence-electron chi connectivity index (χ4n) is 3.05. The van der Waals surface area contributed by atoms with E-state index in [-0.39, 0.29) is 5.91 Å². The highest BCUT2D eigenvalue weighted by atomic mass is 32.2. The third-order valence-corrected chi connectivity index (χ3v) is 5.61. The van der Waals surface area contributed by atoms with Crippen molar-refractivity contribution < 1.29 is 9.53 Å². The fraction of sp³-hybridized carbons (Fsp3) is 0.238. The fourth-order valence-corrected chi connectivity index (χ4v) is 4.04. The zero-order valence-electron chi connectivity index (χ0n) is 14.4. The first-order valence-electron chi connectivity index (χ1n) is 8.74. The Morgan fingerprint density at radius 3 is 2.62 bits per heavy atom.